The number of piperazine rings is 1. The summed E-state index contributed by atoms with van der Waals surface area (Å²) < 4.78 is 29.1. The molecule has 0 spiro atoms. The van der Waals surface area contributed by atoms with Crippen LogP contribution in [-0.4, -0.2) is 60.9 Å². The van der Waals surface area contributed by atoms with Crippen LogP contribution in [0.2, 0.25) is 0 Å². The standard InChI is InChI=1S/C26H29F2N7O/c1-16(2)25(36)22-11-21-23(13-29-22)31-24(18-12-30-33(3)14-18)26(32-21)35-8-6-34(7-9-35)15-17-4-5-19(27)10-20(17)28/h4-5,10-14,16,25,36H,6-9,15H2,1-3H3. The molecule has 0 bridgehead atoms. The lowest BCUT2D eigenvalue weighted by Gasteiger charge is -2.36. The summed E-state index contributed by atoms with van der Waals surface area (Å²) in [6.45, 7) is 7.02. The molecule has 1 aliphatic rings. The van der Waals surface area contributed by atoms with Crippen molar-refractivity contribution in [2.24, 2.45) is 13.0 Å². The molecule has 1 fully saturated rings. The fourth-order valence-corrected chi connectivity index (χ4v) is 4.44. The Bertz CT molecular complexity index is 1380. The number of fused-ring (bicyclic) bond motifs is 1. The van der Waals surface area contributed by atoms with Crippen LogP contribution in [0.25, 0.3) is 22.3 Å². The summed E-state index contributed by atoms with van der Waals surface area (Å²) in [6, 6.07) is 5.52. The minimum absolute atomic E-state index is 0.0241. The first-order chi connectivity index (χ1) is 17.3. The second-order valence-electron chi connectivity index (χ2n) is 9.58. The maximum Gasteiger partial charge on any atom is 0.156 e. The summed E-state index contributed by atoms with van der Waals surface area (Å²) in [5, 5.41) is 14.8. The molecule has 4 heterocycles. The van der Waals surface area contributed by atoms with Crippen molar-refractivity contribution >= 4 is 16.9 Å². The van der Waals surface area contributed by atoms with Gasteiger partial charge in [0.25, 0.3) is 0 Å². The molecule has 1 aromatic carbocycles. The van der Waals surface area contributed by atoms with Crippen LogP contribution in [0.4, 0.5) is 14.6 Å². The zero-order valence-electron chi connectivity index (χ0n) is 20.6. The van der Waals surface area contributed by atoms with Crippen molar-refractivity contribution in [1.29, 1.82) is 0 Å². The summed E-state index contributed by atoms with van der Waals surface area (Å²) >= 11 is 0. The highest BCUT2D eigenvalue weighted by Crippen LogP contribution is 2.31. The molecule has 3 aromatic heterocycles. The van der Waals surface area contributed by atoms with Gasteiger partial charge in [0.15, 0.2) is 5.82 Å². The molecule has 0 radical (unpaired) electrons. The van der Waals surface area contributed by atoms with Crippen LogP contribution in [0.15, 0.2) is 42.9 Å². The van der Waals surface area contributed by atoms with Crippen molar-refractivity contribution in [3.8, 4) is 11.3 Å². The highest BCUT2D eigenvalue weighted by Gasteiger charge is 2.24. The molecule has 0 saturated carbocycles. The number of hydrogen-bond donors (Lipinski definition) is 1. The maximum absolute atomic E-state index is 14.2. The number of anilines is 1. The number of nitrogens with zero attached hydrogens (tertiary/aromatic N) is 7. The molecule has 36 heavy (non-hydrogen) atoms. The van der Waals surface area contributed by atoms with Crippen molar-refractivity contribution in [2.75, 3.05) is 31.1 Å². The van der Waals surface area contributed by atoms with Gasteiger partial charge >= 0.3 is 0 Å². The Kier molecular flexibility index (Phi) is 6.63. The molecule has 1 unspecified atom stereocenters. The number of halogens is 2. The lowest BCUT2D eigenvalue weighted by molar-refractivity contribution is 0.122. The topological polar surface area (TPSA) is 83.2 Å². The highest BCUT2D eigenvalue weighted by atomic mass is 19.1. The van der Waals surface area contributed by atoms with Crippen LogP contribution in [0.3, 0.4) is 0 Å². The van der Waals surface area contributed by atoms with Crippen LogP contribution in [0.1, 0.15) is 31.2 Å². The third kappa shape index (κ3) is 4.91. The molecule has 4 aromatic rings. The van der Waals surface area contributed by atoms with E-state index in [0.717, 1.165) is 17.4 Å². The molecule has 0 aliphatic carbocycles. The van der Waals surface area contributed by atoms with E-state index in [1.54, 1.807) is 23.1 Å². The molecular formula is C26H29F2N7O. The molecule has 1 aliphatic heterocycles. The van der Waals surface area contributed by atoms with Crippen molar-refractivity contribution in [1.82, 2.24) is 29.6 Å². The van der Waals surface area contributed by atoms with Gasteiger partial charge in [0.2, 0.25) is 0 Å². The van der Waals surface area contributed by atoms with Gasteiger partial charge in [-0.3, -0.25) is 14.6 Å². The Morgan fingerprint density at radius 1 is 1.00 bits per heavy atom. The number of benzene rings is 1. The fraction of sp³-hybridized carbons (Fsp3) is 0.385. The van der Waals surface area contributed by atoms with Gasteiger partial charge in [0, 0.05) is 63.2 Å². The number of aliphatic hydroxyl groups is 1. The number of aryl methyl sites for hydroxylation is 1. The summed E-state index contributed by atoms with van der Waals surface area (Å²) in [6.07, 6.45) is 4.63. The van der Waals surface area contributed by atoms with E-state index in [9.17, 15) is 13.9 Å². The first-order valence-corrected chi connectivity index (χ1v) is 12.0. The average molecular weight is 494 g/mol. The van der Waals surface area contributed by atoms with Gasteiger partial charge in [-0.25, -0.2) is 18.7 Å². The van der Waals surface area contributed by atoms with Crippen LogP contribution in [0, 0.1) is 17.6 Å². The van der Waals surface area contributed by atoms with Gasteiger partial charge in [-0.1, -0.05) is 19.9 Å². The first-order valence-electron chi connectivity index (χ1n) is 12.0. The van der Waals surface area contributed by atoms with E-state index in [-0.39, 0.29) is 5.92 Å². The predicted octanol–water partition coefficient (Wildman–Crippen LogP) is 3.72. The molecule has 10 heteroatoms. The largest absolute Gasteiger partial charge is 0.387 e. The third-order valence-corrected chi connectivity index (χ3v) is 6.55. The van der Waals surface area contributed by atoms with E-state index in [2.05, 4.69) is 19.9 Å². The molecule has 5 rings (SSSR count). The van der Waals surface area contributed by atoms with E-state index in [0.29, 0.717) is 60.7 Å². The monoisotopic (exact) mass is 493 g/mol. The van der Waals surface area contributed by atoms with Crippen LogP contribution in [-0.2, 0) is 13.6 Å². The molecular weight excluding hydrogens is 464 g/mol. The zero-order chi connectivity index (χ0) is 25.4. The van der Waals surface area contributed by atoms with Crippen LogP contribution in [0.5, 0.6) is 0 Å². The van der Waals surface area contributed by atoms with E-state index < -0.39 is 17.7 Å². The minimum Gasteiger partial charge on any atom is -0.387 e. The van der Waals surface area contributed by atoms with Crippen molar-refractivity contribution in [3.63, 3.8) is 0 Å². The number of pyridine rings is 1. The molecule has 1 atom stereocenters. The Morgan fingerprint density at radius 2 is 1.78 bits per heavy atom. The van der Waals surface area contributed by atoms with Crippen molar-refractivity contribution < 1.29 is 13.9 Å². The van der Waals surface area contributed by atoms with Gasteiger partial charge in [-0.05, 0) is 18.1 Å². The molecule has 1 saturated heterocycles. The first kappa shape index (κ1) is 24.2. The third-order valence-electron chi connectivity index (χ3n) is 6.55. The van der Waals surface area contributed by atoms with Crippen LogP contribution < -0.4 is 4.90 Å². The Morgan fingerprint density at radius 3 is 2.44 bits per heavy atom. The minimum atomic E-state index is -0.687. The van der Waals surface area contributed by atoms with Gasteiger partial charge in [-0.15, -0.1) is 0 Å². The maximum atomic E-state index is 14.2. The van der Waals surface area contributed by atoms with Gasteiger partial charge in [0.1, 0.15) is 22.8 Å². The lowest BCUT2D eigenvalue weighted by atomic mass is 10.0. The van der Waals surface area contributed by atoms with E-state index >= 15 is 0 Å². The molecule has 1 N–H and O–H groups in total. The van der Waals surface area contributed by atoms with E-state index in [4.69, 9.17) is 9.97 Å². The Balaban J connectivity index is 1.44. The summed E-state index contributed by atoms with van der Waals surface area (Å²) in [5.74, 6) is -0.335. The second-order valence-corrected chi connectivity index (χ2v) is 9.58. The van der Waals surface area contributed by atoms with Gasteiger partial charge in [0.05, 0.1) is 29.7 Å². The Hall–Kier alpha value is -3.50. The summed E-state index contributed by atoms with van der Waals surface area (Å²) in [5.41, 5.74) is 3.92. The Labute approximate surface area is 208 Å². The zero-order valence-corrected chi connectivity index (χ0v) is 20.6. The van der Waals surface area contributed by atoms with Crippen molar-refractivity contribution in [2.45, 2.75) is 26.5 Å². The highest BCUT2D eigenvalue weighted by molar-refractivity contribution is 5.83. The number of aromatic nitrogens is 5. The SMILES string of the molecule is CC(C)C(O)c1cc2nc(N3CCN(Cc4ccc(F)cc4F)CC3)c(-c3cnn(C)c3)nc2cn1. The van der Waals surface area contributed by atoms with Gasteiger partial charge in [-0.2, -0.15) is 5.10 Å². The van der Waals surface area contributed by atoms with Crippen LogP contribution >= 0.6 is 0 Å². The fourth-order valence-electron chi connectivity index (χ4n) is 4.44. The van der Waals surface area contributed by atoms with E-state index in [1.165, 1.54) is 12.1 Å². The summed E-state index contributed by atoms with van der Waals surface area (Å²) in [7, 11) is 1.85. The second kappa shape index (κ2) is 9.87. The quantitative estimate of drug-likeness (QED) is 0.438. The number of hydrogen-bond acceptors (Lipinski definition) is 7. The van der Waals surface area contributed by atoms with Gasteiger partial charge < -0.3 is 10.0 Å². The van der Waals surface area contributed by atoms with E-state index in [1.807, 2.05) is 27.1 Å². The number of rotatable bonds is 6. The summed E-state index contributed by atoms with van der Waals surface area (Å²) in [4.78, 5) is 18.6. The normalized spacial score (nSPS) is 15.7. The lowest BCUT2D eigenvalue weighted by Crippen LogP contribution is -2.46. The van der Waals surface area contributed by atoms with Crippen molar-refractivity contribution in [3.05, 3.63) is 65.7 Å². The molecule has 8 nitrogen and oxygen atoms in total. The smallest absolute Gasteiger partial charge is 0.156 e. The molecule has 188 valence electrons. The molecule has 0 amide bonds. The predicted molar refractivity (Wildman–Crippen MR) is 133 cm³/mol. The average Bonchev–Trinajstić information content (AvgIpc) is 3.30. The number of aliphatic hydroxyl groups excluding tert-OH is 1.